The lowest BCUT2D eigenvalue weighted by Gasteiger charge is -2.25. The van der Waals surface area contributed by atoms with Crippen molar-refractivity contribution >= 4 is 11.4 Å². The zero-order valence-corrected chi connectivity index (χ0v) is 16.1. The van der Waals surface area contributed by atoms with Gasteiger partial charge in [-0.3, -0.25) is 4.79 Å². The van der Waals surface area contributed by atoms with Crippen molar-refractivity contribution in [2.75, 3.05) is 13.1 Å². The van der Waals surface area contributed by atoms with Gasteiger partial charge in [-0.15, -0.1) is 0 Å². The second kappa shape index (κ2) is 7.96. The van der Waals surface area contributed by atoms with Crippen LogP contribution in [0.5, 0.6) is 0 Å². The lowest BCUT2D eigenvalue weighted by atomic mass is 10.0. The van der Waals surface area contributed by atoms with E-state index >= 15 is 0 Å². The Labute approximate surface area is 162 Å². The molecule has 1 aliphatic heterocycles. The van der Waals surface area contributed by atoms with Crippen LogP contribution in [-0.2, 0) is 6.42 Å². The van der Waals surface area contributed by atoms with E-state index in [9.17, 15) is 4.79 Å². The first-order valence-corrected chi connectivity index (χ1v) is 10.1. The summed E-state index contributed by atoms with van der Waals surface area (Å²) in [5.41, 5.74) is 7.16. The fourth-order valence-corrected chi connectivity index (χ4v) is 4.23. The van der Waals surface area contributed by atoms with Crippen LogP contribution in [0.2, 0.25) is 0 Å². The number of allylic oxidation sites excluding steroid dienone is 4. The first kappa shape index (κ1) is 17.8. The maximum atomic E-state index is 12.7. The number of fused-ring (bicyclic) bond motifs is 1. The van der Waals surface area contributed by atoms with Gasteiger partial charge >= 0.3 is 0 Å². The summed E-state index contributed by atoms with van der Waals surface area (Å²) in [6.45, 7) is 4.28. The third-order valence-corrected chi connectivity index (χ3v) is 5.67. The van der Waals surface area contributed by atoms with Crippen LogP contribution in [0, 0.1) is 6.92 Å². The largest absolute Gasteiger partial charge is 0.374 e. The minimum Gasteiger partial charge on any atom is -0.374 e. The second-order valence-corrected chi connectivity index (χ2v) is 7.66. The fraction of sp³-hybridized carbons (Fsp3) is 0.320. The highest BCUT2D eigenvalue weighted by atomic mass is 16.1. The lowest BCUT2D eigenvalue weighted by Crippen LogP contribution is -2.24. The van der Waals surface area contributed by atoms with Crippen LogP contribution in [0.3, 0.4) is 0 Å². The molecular formula is C25H27NO. The van der Waals surface area contributed by atoms with Gasteiger partial charge in [-0.1, -0.05) is 60.9 Å². The summed E-state index contributed by atoms with van der Waals surface area (Å²) < 4.78 is 0. The molecule has 0 bridgehead atoms. The Bertz CT molecular complexity index is 898. The van der Waals surface area contributed by atoms with E-state index in [4.69, 9.17) is 0 Å². The van der Waals surface area contributed by atoms with Gasteiger partial charge in [0.1, 0.15) is 0 Å². The number of hydrogen-bond acceptors (Lipinski definition) is 2. The molecule has 2 heteroatoms. The highest BCUT2D eigenvalue weighted by molar-refractivity contribution is 6.06. The molecule has 0 N–H and O–H groups in total. The van der Waals surface area contributed by atoms with E-state index in [2.05, 4.69) is 35.2 Å². The van der Waals surface area contributed by atoms with E-state index < -0.39 is 0 Å². The molecule has 1 heterocycles. The average molecular weight is 357 g/mol. The SMILES string of the molecule is Cc1cccc(C(=O)C=CC2=C(N3CCCCCC3)Cc3ccccc32)c1. The van der Waals surface area contributed by atoms with Gasteiger partial charge < -0.3 is 4.90 Å². The van der Waals surface area contributed by atoms with Gasteiger partial charge in [0, 0.05) is 36.3 Å². The van der Waals surface area contributed by atoms with Crippen LogP contribution < -0.4 is 0 Å². The van der Waals surface area contributed by atoms with E-state index in [1.807, 2.05) is 31.2 Å². The number of carbonyl (C=O) groups is 1. The molecule has 4 rings (SSSR count). The summed E-state index contributed by atoms with van der Waals surface area (Å²) in [4.78, 5) is 15.2. The van der Waals surface area contributed by atoms with E-state index in [0.29, 0.717) is 0 Å². The first-order valence-electron chi connectivity index (χ1n) is 10.1. The van der Waals surface area contributed by atoms with Gasteiger partial charge in [-0.2, -0.15) is 0 Å². The molecule has 27 heavy (non-hydrogen) atoms. The molecule has 0 aromatic heterocycles. The molecule has 2 nitrogen and oxygen atoms in total. The predicted octanol–water partition coefficient (Wildman–Crippen LogP) is 5.58. The average Bonchev–Trinajstić information content (AvgIpc) is 2.85. The predicted molar refractivity (Wildman–Crippen MR) is 112 cm³/mol. The summed E-state index contributed by atoms with van der Waals surface area (Å²) in [5, 5.41) is 0. The topological polar surface area (TPSA) is 20.3 Å². The zero-order valence-electron chi connectivity index (χ0n) is 16.1. The number of benzene rings is 2. The number of carbonyl (C=O) groups excluding carboxylic acids is 1. The Morgan fingerprint density at radius 2 is 1.74 bits per heavy atom. The molecule has 0 radical (unpaired) electrons. The van der Waals surface area contributed by atoms with E-state index in [-0.39, 0.29) is 5.78 Å². The number of aryl methyl sites for hydroxylation is 1. The van der Waals surface area contributed by atoms with Crippen LogP contribution >= 0.6 is 0 Å². The minimum atomic E-state index is 0.0748. The molecule has 0 atom stereocenters. The number of hydrogen-bond donors (Lipinski definition) is 0. The summed E-state index contributed by atoms with van der Waals surface area (Å²) in [7, 11) is 0. The normalized spacial score (nSPS) is 17.3. The van der Waals surface area contributed by atoms with Gasteiger partial charge in [0.05, 0.1) is 0 Å². The van der Waals surface area contributed by atoms with Crippen molar-refractivity contribution in [1.82, 2.24) is 4.90 Å². The van der Waals surface area contributed by atoms with Crippen molar-refractivity contribution in [2.24, 2.45) is 0 Å². The number of ketones is 1. The molecule has 2 aromatic rings. The third kappa shape index (κ3) is 3.90. The molecular weight excluding hydrogens is 330 g/mol. The van der Waals surface area contributed by atoms with Crippen molar-refractivity contribution in [2.45, 2.75) is 39.0 Å². The van der Waals surface area contributed by atoms with Crippen LogP contribution in [0.1, 0.15) is 52.7 Å². The Kier molecular flexibility index (Phi) is 5.24. The van der Waals surface area contributed by atoms with E-state index in [0.717, 1.165) is 30.6 Å². The molecule has 1 saturated heterocycles. The Morgan fingerprint density at radius 3 is 2.52 bits per heavy atom. The van der Waals surface area contributed by atoms with Crippen LogP contribution in [-0.4, -0.2) is 23.8 Å². The Hall–Kier alpha value is -2.61. The van der Waals surface area contributed by atoms with Crippen molar-refractivity contribution in [3.8, 4) is 0 Å². The molecule has 138 valence electrons. The first-order chi connectivity index (χ1) is 13.2. The number of likely N-dealkylation sites (tertiary alicyclic amines) is 1. The molecule has 0 saturated carbocycles. The smallest absolute Gasteiger partial charge is 0.185 e. The number of rotatable bonds is 4. The molecule has 0 spiro atoms. The summed E-state index contributed by atoms with van der Waals surface area (Å²) in [6.07, 6.45) is 9.97. The number of nitrogens with zero attached hydrogens (tertiary/aromatic N) is 1. The highest BCUT2D eigenvalue weighted by Gasteiger charge is 2.24. The van der Waals surface area contributed by atoms with Gasteiger partial charge in [-0.25, -0.2) is 0 Å². The van der Waals surface area contributed by atoms with E-state index in [1.54, 1.807) is 6.08 Å². The lowest BCUT2D eigenvalue weighted by molar-refractivity contribution is 0.104. The molecule has 1 fully saturated rings. The highest BCUT2D eigenvalue weighted by Crippen LogP contribution is 2.36. The molecule has 1 aliphatic carbocycles. The zero-order chi connectivity index (χ0) is 18.6. The van der Waals surface area contributed by atoms with Gasteiger partial charge in [-0.05, 0) is 49.1 Å². The summed E-state index contributed by atoms with van der Waals surface area (Å²) in [6, 6.07) is 16.4. The summed E-state index contributed by atoms with van der Waals surface area (Å²) in [5.74, 6) is 0.0748. The molecule has 0 unspecified atom stereocenters. The van der Waals surface area contributed by atoms with Gasteiger partial charge in [0.15, 0.2) is 5.78 Å². The van der Waals surface area contributed by atoms with Gasteiger partial charge in [0.2, 0.25) is 0 Å². The molecule has 0 amide bonds. The molecule has 2 aliphatic rings. The van der Waals surface area contributed by atoms with Crippen molar-refractivity contribution < 1.29 is 4.79 Å². The Balaban J connectivity index is 1.66. The van der Waals surface area contributed by atoms with Crippen LogP contribution in [0.25, 0.3) is 5.57 Å². The standard InChI is InChI=1S/C25H27NO/c1-19-9-8-11-21(17-19)25(27)14-13-23-22-12-5-4-10-20(22)18-24(23)26-15-6-2-3-7-16-26/h4-5,8-14,17H,2-3,6-7,15-16,18H2,1H3. The van der Waals surface area contributed by atoms with Crippen molar-refractivity contribution in [1.29, 1.82) is 0 Å². The van der Waals surface area contributed by atoms with Crippen LogP contribution in [0.4, 0.5) is 0 Å². The quantitative estimate of drug-likeness (QED) is 0.526. The second-order valence-electron chi connectivity index (χ2n) is 7.66. The monoisotopic (exact) mass is 357 g/mol. The van der Waals surface area contributed by atoms with Gasteiger partial charge in [0.25, 0.3) is 0 Å². The van der Waals surface area contributed by atoms with Crippen LogP contribution in [0.15, 0.2) is 66.4 Å². The maximum Gasteiger partial charge on any atom is 0.185 e. The third-order valence-electron chi connectivity index (χ3n) is 5.67. The van der Waals surface area contributed by atoms with E-state index in [1.165, 1.54) is 48.1 Å². The van der Waals surface area contributed by atoms with Crippen molar-refractivity contribution in [3.63, 3.8) is 0 Å². The van der Waals surface area contributed by atoms with Crippen molar-refractivity contribution in [3.05, 3.63) is 88.6 Å². The minimum absolute atomic E-state index is 0.0748. The fourth-order valence-electron chi connectivity index (χ4n) is 4.23. The Morgan fingerprint density at radius 1 is 0.963 bits per heavy atom. The summed E-state index contributed by atoms with van der Waals surface area (Å²) >= 11 is 0. The maximum absolute atomic E-state index is 12.7. The molecule has 2 aromatic carbocycles.